The van der Waals surface area contributed by atoms with Gasteiger partial charge in [-0.05, 0) is 36.8 Å². The number of aryl methyl sites for hydroxylation is 1. The third-order valence-electron chi connectivity index (χ3n) is 2.19. The summed E-state index contributed by atoms with van der Waals surface area (Å²) in [5, 5.41) is 12.9. The lowest BCUT2D eigenvalue weighted by Gasteiger charge is -2.06. The normalized spacial score (nSPS) is 10.2. The Morgan fingerprint density at radius 3 is 2.80 bits per heavy atom. The maximum atomic E-state index is 10.7. The molecule has 0 saturated carbocycles. The highest BCUT2D eigenvalue weighted by molar-refractivity contribution is 5.88. The number of carboxylic acids is 1. The Labute approximate surface area is 86.8 Å². The molecule has 0 bridgehead atoms. The molecule has 4 heteroatoms. The molecule has 0 saturated heterocycles. The Morgan fingerprint density at radius 2 is 2.27 bits per heavy atom. The van der Waals surface area contributed by atoms with Crippen molar-refractivity contribution in [1.29, 1.82) is 0 Å². The van der Waals surface area contributed by atoms with Crippen LogP contribution in [-0.2, 0) is 0 Å². The lowest BCUT2D eigenvalue weighted by molar-refractivity contribution is 0.0697. The van der Waals surface area contributed by atoms with Crippen molar-refractivity contribution in [3.05, 3.63) is 47.8 Å². The number of carboxylic acid groups (broad SMARTS) is 1. The second kappa shape index (κ2) is 3.57. The van der Waals surface area contributed by atoms with Crippen LogP contribution in [0.4, 0.5) is 0 Å². The molecule has 1 aromatic carbocycles. The highest BCUT2D eigenvalue weighted by Crippen LogP contribution is 2.14. The summed E-state index contributed by atoms with van der Waals surface area (Å²) >= 11 is 0. The second-order valence-electron chi connectivity index (χ2n) is 3.26. The smallest absolute Gasteiger partial charge is 0.335 e. The summed E-state index contributed by atoms with van der Waals surface area (Å²) in [7, 11) is 0. The van der Waals surface area contributed by atoms with Gasteiger partial charge in [0.05, 0.1) is 11.3 Å². The summed E-state index contributed by atoms with van der Waals surface area (Å²) in [5.74, 6) is -0.912. The first-order valence-electron chi connectivity index (χ1n) is 4.52. The van der Waals surface area contributed by atoms with Gasteiger partial charge in [0, 0.05) is 12.4 Å². The second-order valence-corrected chi connectivity index (χ2v) is 3.26. The summed E-state index contributed by atoms with van der Waals surface area (Å²) in [4.78, 5) is 10.7. The van der Waals surface area contributed by atoms with Crippen molar-refractivity contribution in [2.75, 3.05) is 0 Å². The predicted molar refractivity (Wildman–Crippen MR) is 55.3 cm³/mol. The fourth-order valence-corrected chi connectivity index (χ4v) is 1.46. The van der Waals surface area contributed by atoms with Gasteiger partial charge in [-0.1, -0.05) is 0 Å². The van der Waals surface area contributed by atoms with E-state index in [1.807, 2.05) is 19.2 Å². The molecular weight excluding hydrogens is 192 g/mol. The van der Waals surface area contributed by atoms with Crippen molar-refractivity contribution in [1.82, 2.24) is 9.78 Å². The van der Waals surface area contributed by atoms with Crippen LogP contribution in [0.3, 0.4) is 0 Å². The van der Waals surface area contributed by atoms with E-state index in [2.05, 4.69) is 5.10 Å². The van der Waals surface area contributed by atoms with Crippen molar-refractivity contribution in [2.45, 2.75) is 6.92 Å². The molecule has 0 amide bonds. The van der Waals surface area contributed by atoms with E-state index >= 15 is 0 Å². The average Bonchev–Trinajstić information content (AvgIpc) is 2.70. The number of nitrogens with zero attached hydrogens (tertiary/aromatic N) is 2. The first-order valence-corrected chi connectivity index (χ1v) is 4.52. The molecule has 0 atom stereocenters. The molecular formula is C11H10N2O2. The molecule has 15 heavy (non-hydrogen) atoms. The SMILES string of the molecule is Cc1cc(C(=O)O)ccc1-n1cccn1. The van der Waals surface area contributed by atoms with E-state index in [-0.39, 0.29) is 0 Å². The van der Waals surface area contributed by atoms with Crippen molar-refractivity contribution in [3.8, 4) is 5.69 Å². The number of hydrogen-bond donors (Lipinski definition) is 1. The van der Waals surface area contributed by atoms with Gasteiger partial charge in [-0.25, -0.2) is 9.48 Å². The van der Waals surface area contributed by atoms with Gasteiger partial charge in [-0.15, -0.1) is 0 Å². The van der Waals surface area contributed by atoms with Crippen LogP contribution in [0.15, 0.2) is 36.7 Å². The quantitative estimate of drug-likeness (QED) is 0.808. The number of aromatic carboxylic acids is 1. The fraction of sp³-hybridized carbons (Fsp3) is 0.0909. The molecule has 0 fully saturated rings. The van der Waals surface area contributed by atoms with Crippen LogP contribution in [0.25, 0.3) is 5.69 Å². The molecule has 0 aliphatic carbocycles. The summed E-state index contributed by atoms with van der Waals surface area (Å²) in [6, 6.07) is 6.79. The average molecular weight is 202 g/mol. The molecule has 1 aromatic heterocycles. The standard InChI is InChI=1S/C11H10N2O2/c1-8-7-9(11(14)15)3-4-10(8)13-6-2-5-12-13/h2-7H,1H3,(H,14,15). The summed E-state index contributed by atoms with van der Waals surface area (Å²) in [6.07, 6.45) is 3.51. The topological polar surface area (TPSA) is 55.1 Å². The zero-order valence-electron chi connectivity index (χ0n) is 8.21. The van der Waals surface area contributed by atoms with Crippen LogP contribution in [0.2, 0.25) is 0 Å². The largest absolute Gasteiger partial charge is 0.478 e. The molecule has 0 radical (unpaired) electrons. The third-order valence-corrected chi connectivity index (χ3v) is 2.19. The lowest BCUT2D eigenvalue weighted by atomic mass is 10.1. The van der Waals surface area contributed by atoms with Gasteiger partial charge < -0.3 is 5.11 Å². The van der Waals surface area contributed by atoms with Gasteiger partial charge in [-0.2, -0.15) is 5.10 Å². The van der Waals surface area contributed by atoms with E-state index < -0.39 is 5.97 Å². The fourth-order valence-electron chi connectivity index (χ4n) is 1.46. The highest BCUT2D eigenvalue weighted by atomic mass is 16.4. The Hall–Kier alpha value is -2.10. The zero-order valence-corrected chi connectivity index (χ0v) is 8.21. The lowest BCUT2D eigenvalue weighted by Crippen LogP contribution is -2.01. The number of carbonyl (C=O) groups is 1. The Balaban J connectivity index is 2.48. The van der Waals surface area contributed by atoms with Gasteiger partial charge in [0.2, 0.25) is 0 Å². The van der Waals surface area contributed by atoms with Crippen LogP contribution >= 0.6 is 0 Å². The minimum Gasteiger partial charge on any atom is -0.478 e. The summed E-state index contributed by atoms with van der Waals surface area (Å²) in [5.41, 5.74) is 2.08. The molecule has 0 unspecified atom stereocenters. The first kappa shape index (κ1) is 9.45. The van der Waals surface area contributed by atoms with Crippen LogP contribution in [0.1, 0.15) is 15.9 Å². The predicted octanol–water partition coefficient (Wildman–Crippen LogP) is 1.88. The van der Waals surface area contributed by atoms with E-state index in [1.165, 1.54) is 0 Å². The molecule has 4 nitrogen and oxygen atoms in total. The zero-order chi connectivity index (χ0) is 10.8. The summed E-state index contributed by atoms with van der Waals surface area (Å²) < 4.78 is 1.71. The van der Waals surface area contributed by atoms with Crippen LogP contribution < -0.4 is 0 Å². The van der Waals surface area contributed by atoms with Gasteiger partial charge in [0.25, 0.3) is 0 Å². The third kappa shape index (κ3) is 1.74. The highest BCUT2D eigenvalue weighted by Gasteiger charge is 2.06. The van der Waals surface area contributed by atoms with Gasteiger partial charge >= 0.3 is 5.97 Å². The summed E-state index contributed by atoms with van der Waals surface area (Å²) in [6.45, 7) is 1.86. The molecule has 2 aromatic rings. The van der Waals surface area contributed by atoms with E-state index in [0.717, 1.165) is 11.3 Å². The van der Waals surface area contributed by atoms with Crippen molar-refractivity contribution in [3.63, 3.8) is 0 Å². The van der Waals surface area contributed by atoms with Crippen LogP contribution in [0, 0.1) is 6.92 Å². The van der Waals surface area contributed by atoms with Crippen molar-refractivity contribution >= 4 is 5.97 Å². The number of benzene rings is 1. The number of rotatable bonds is 2. The van der Waals surface area contributed by atoms with Crippen LogP contribution in [-0.4, -0.2) is 20.9 Å². The first-order chi connectivity index (χ1) is 7.18. The van der Waals surface area contributed by atoms with E-state index in [9.17, 15) is 4.79 Å². The minimum atomic E-state index is -0.912. The molecule has 1 N–H and O–H groups in total. The van der Waals surface area contributed by atoms with E-state index in [4.69, 9.17) is 5.11 Å². The molecule has 0 aliphatic heterocycles. The molecule has 2 rings (SSSR count). The Bertz CT molecular complexity index is 489. The number of hydrogen-bond acceptors (Lipinski definition) is 2. The molecule has 1 heterocycles. The van der Waals surface area contributed by atoms with Crippen LogP contribution in [0.5, 0.6) is 0 Å². The molecule has 0 spiro atoms. The number of aromatic nitrogens is 2. The van der Waals surface area contributed by atoms with Crippen molar-refractivity contribution in [2.24, 2.45) is 0 Å². The van der Waals surface area contributed by atoms with E-state index in [1.54, 1.807) is 29.1 Å². The minimum absolute atomic E-state index is 0.295. The Morgan fingerprint density at radius 1 is 1.47 bits per heavy atom. The van der Waals surface area contributed by atoms with Crippen molar-refractivity contribution < 1.29 is 9.90 Å². The van der Waals surface area contributed by atoms with E-state index in [0.29, 0.717) is 5.56 Å². The van der Waals surface area contributed by atoms with Gasteiger partial charge in [0.15, 0.2) is 0 Å². The Kier molecular flexibility index (Phi) is 2.25. The van der Waals surface area contributed by atoms with Gasteiger partial charge in [-0.3, -0.25) is 0 Å². The maximum Gasteiger partial charge on any atom is 0.335 e. The monoisotopic (exact) mass is 202 g/mol. The molecule has 76 valence electrons. The molecule has 0 aliphatic rings. The maximum absolute atomic E-state index is 10.7. The van der Waals surface area contributed by atoms with Gasteiger partial charge in [0.1, 0.15) is 0 Å².